The van der Waals surface area contributed by atoms with Crippen LogP contribution in [0.4, 0.5) is 4.39 Å². The average Bonchev–Trinajstić information content (AvgIpc) is 2.09. The zero-order valence-corrected chi connectivity index (χ0v) is 6.75. The van der Waals surface area contributed by atoms with Gasteiger partial charge in [-0.25, -0.2) is 4.39 Å². The van der Waals surface area contributed by atoms with Crippen LogP contribution in [0.25, 0.3) is 6.08 Å². The van der Waals surface area contributed by atoms with Gasteiger partial charge in [0, 0.05) is 0 Å². The van der Waals surface area contributed by atoms with Crippen molar-refractivity contribution in [3.05, 3.63) is 41.2 Å². The van der Waals surface area contributed by atoms with Crippen LogP contribution in [-0.4, -0.2) is 6.29 Å². The van der Waals surface area contributed by atoms with Gasteiger partial charge >= 0.3 is 0 Å². The first-order valence-electron chi connectivity index (χ1n) is 3.61. The normalized spacial score (nSPS) is 11.3. The third-order valence-corrected chi connectivity index (χ3v) is 1.45. The van der Waals surface area contributed by atoms with E-state index in [1.807, 2.05) is 0 Å². The number of hydrogen-bond acceptors (Lipinski definition) is 1. The van der Waals surface area contributed by atoms with E-state index in [-0.39, 0.29) is 5.82 Å². The largest absolute Gasteiger partial charge is 0.298 e. The minimum Gasteiger partial charge on any atom is -0.298 e. The third-order valence-electron chi connectivity index (χ3n) is 1.45. The molecule has 0 aromatic heterocycles. The molecule has 0 bridgehead atoms. The number of hydrogen-bond donors (Lipinski definition) is 0. The van der Waals surface area contributed by atoms with Crippen LogP contribution in [0.3, 0.4) is 0 Å². The summed E-state index contributed by atoms with van der Waals surface area (Å²) < 4.78 is 12.4. The minimum atomic E-state index is -0.268. The first-order valence-corrected chi connectivity index (χ1v) is 3.61. The second kappa shape index (κ2) is 3.81. The van der Waals surface area contributed by atoms with Crippen molar-refractivity contribution in [1.82, 2.24) is 0 Å². The summed E-state index contributed by atoms with van der Waals surface area (Å²) in [5.41, 5.74) is 1.46. The second-order valence-electron chi connectivity index (χ2n) is 2.56. The Kier molecular flexibility index (Phi) is 2.75. The molecule has 0 unspecified atom stereocenters. The highest BCUT2D eigenvalue weighted by Crippen LogP contribution is 2.06. The number of allylic oxidation sites excluding steroid dienone is 1. The van der Waals surface area contributed by atoms with E-state index >= 15 is 0 Å². The molecule has 1 aromatic rings. The van der Waals surface area contributed by atoms with Crippen molar-refractivity contribution in [3.63, 3.8) is 0 Å². The molecule has 0 N–H and O–H groups in total. The molecule has 0 radical (unpaired) electrons. The van der Waals surface area contributed by atoms with Crippen LogP contribution in [0.15, 0.2) is 29.8 Å². The number of carbonyl (C=O) groups excluding carboxylic acids is 1. The lowest BCUT2D eigenvalue weighted by Crippen LogP contribution is -1.78. The maximum atomic E-state index is 12.4. The van der Waals surface area contributed by atoms with Gasteiger partial charge in [-0.15, -0.1) is 0 Å². The standard InChI is InChI=1S/C10H9FO/c1-8(7-12)6-9-2-4-10(11)5-3-9/h2-7H,1H3/b8-6-. The van der Waals surface area contributed by atoms with Crippen LogP contribution in [0.5, 0.6) is 0 Å². The van der Waals surface area contributed by atoms with Gasteiger partial charge in [-0.05, 0) is 36.3 Å². The molecule has 0 saturated carbocycles. The fraction of sp³-hybridized carbons (Fsp3) is 0.100. The Morgan fingerprint density at radius 2 is 1.92 bits per heavy atom. The number of benzene rings is 1. The molecule has 0 heterocycles. The van der Waals surface area contributed by atoms with Gasteiger partial charge in [-0.3, -0.25) is 4.79 Å². The van der Waals surface area contributed by atoms with E-state index in [0.717, 1.165) is 11.8 Å². The average molecular weight is 164 g/mol. The predicted octanol–water partition coefficient (Wildman–Crippen LogP) is 2.43. The lowest BCUT2D eigenvalue weighted by Gasteiger charge is -1.92. The van der Waals surface area contributed by atoms with E-state index in [9.17, 15) is 9.18 Å². The third kappa shape index (κ3) is 2.31. The first-order chi connectivity index (χ1) is 5.72. The van der Waals surface area contributed by atoms with Crippen molar-refractivity contribution in [2.75, 3.05) is 0 Å². The zero-order chi connectivity index (χ0) is 8.97. The van der Waals surface area contributed by atoms with Crippen molar-refractivity contribution < 1.29 is 9.18 Å². The Labute approximate surface area is 70.5 Å². The molecular weight excluding hydrogens is 155 g/mol. The molecule has 0 aliphatic heterocycles. The molecule has 1 nitrogen and oxygen atoms in total. The van der Waals surface area contributed by atoms with Crippen molar-refractivity contribution in [1.29, 1.82) is 0 Å². The Bertz CT molecular complexity index is 298. The Hall–Kier alpha value is -1.44. The van der Waals surface area contributed by atoms with Crippen LogP contribution in [-0.2, 0) is 4.79 Å². The number of rotatable bonds is 2. The van der Waals surface area contributed by atoms with Gasteiger partial charge in [0.1, 0.15) is 12.1 Å². The zero-order valence-electron chi connectivity index (χ0n) is 6.75. The van der Waals surface area contributed by atoms with Crippen LogP contribution < -0.4 is 0 Å². The molecule has 62 valence electrons. The lowest BCUT2D eigenvalue weighted by atomic mass is 10.1. The highest BCUT2D eigenvalue weighted by Gasteiger charge is 1.90. The van der Waals surface area contributed by atoms with Gasteiger partial charge in [-0.1, -0.05) is 12.1 Å². The summed E-state index contributed by atoms with van der Waals surface area (Å²) in [6.45, 7) is 1.70. The molecule has 0 spiro atoms. The summed E-state index contributed by atoms with van der Waals surface area (Å²) in [6.07, 6.45) is 2.47. The van der Waals surface area contributed by atoms with Gasteiger partial charge in [0.25, 0.3) is 0 Å². The van der Waals surface area contributed by atoms with Gasteiger partial charge in [0.15, 0.2) is 0 Å². The fourth-order valence-electron chi connectivity index (χ4n) is 0.856. The lowest BCUT2D eigenvalue weighted by molar-refractivity contribution is -0.104. The van der Waals surface area contributed by atoms with Gasteiger partial charge in [-0.2, -0.15) is 0 Å². The highest BCUT2D eigenvalue weighted by atomic mass is 19.1. The van der Waals surface area contributed by atoms with Crippen LogP contribution >= 0.6 is 0 Å². The highest BCUT2D eigenvalue weighted by molar-refractivity contribution is 5.80. The smallest absolute Gasteiger partial charge is 0.145 e. The fourth-order valence-corrected chi connectivity index (χ4v) is 0.856. The van der Waals surface area contributed by atoms with Gasteiger partial charge in [0.05, 0.1) is 0 Å². The molecule has 0 atom stereocenters. The van der Waals surface area contributed by atoms with Gasteiger partial charge in [0.2, 0.25) is 0 Å². The van der Waals surface area contributed by atoms with E-state index in [1.165, 1.54) is 12.1 Å². The second-order valence-corrected chi connectivity index (χ2v) is 2.56. The Morgan fingerprint density at radius 1 is 1.33 bits per heavy atom. The minimum absolute atomic E-state index is 0.268. The monoisotopic (exact) mass is 164 g/mol. The van der Waals surface area contributed by atoms with E-state index in [0.29, 0.717) is 5.57 Å². The molecule has 0 amide bonds. The quantitative estimate of drug-likeness (QED) is 0.484. The molecule has 12 heavy (non-hydrogen) atoms. The molecule has 2 heteroatoms. The summed E-state index contributed by atoms with van der Waals surface area (Å²) in [7, 11) is 0. The molecule has 1 rings (SSSR count). The molecule has 1 aromatic carbocycles. The summed E-state index contributed by atoms with van der Waals surface area (Å²) in [5.74, 6) is -0.268. The van der Waals surface area contributed by atoms with E-state index in [1.54, 1.807) is 25.1 Å². The van der Waals surface area contributed by atoms with E-state index < -0.39 is 0 Å². The topological polar surface area (TPSA) is 17.1 Å². The van der Waals surface area contributed by atoms with Crippen molar-refractivity contribution in [2.24, 2.45) is 0 Å². The number of aldehydes is 1. The summed E-state index contributed by atoms with van der Waals surface area (Å²) in [4.78, 5) is 10.2. The van der Waals surface area contributed by atoms with Crippen LogP contribution in [0.2, 0.25) is 0 Å². The maximum absolute atomic E-state index is 12.4. The maximum Gasteiger partial charge on any atom is 0.145 e. The SMILES string of the molecule is C/C(C=O)=C/c1ccc(F)cc1. The number of carbonyl (C=O) groups is 1. The van der Waals surface area contributed by atoms with Crippen molar-refractivity contribution in [2.45, 2.75) is 6.92 Å². The summed E-state index contributed by atoms with van der Waals surface area (Å²) >= 11 is 0. The summed E-state index contributed by atoms with van der Waals surface area (Å²) in [6, 6.07) is 5.98. The van der Waals surface area contributed by atoms with Gasteiger partial charge < -0.3 is 0 Å². The summed E-state index contributed by atoms with van der Waals surface area (Å²) in [5, 5.41) is 0. The van der Waals surface area contributed by atoms with E-state index in [4.69, 9.17) is 0 Å². The predicted molar refractivity (Wildman–Crippen MR) is 46.1 cm³/mol. The first kappa shape index (κ1) is 8.65. The Morgan fingerprint density at radius 3 is 2.42 bits per heavy atom. The van der Waals surface area contributed by atoms with E-state index in [2.05, 4.69) is 0 Å². The molecule has 0 aliphatic carbocycles. The van der Waals surface area contributed by atoms with Crippen molar-refractivity contribution >= 4 is 12.4 Å². The number of halogens is 1. The van der Waals surface area contributed by atoms with Crippen LogP contribution in [0.1, 0.15) is 12.5 Å². The molecule has 0 saturated heterocycles. The van der Waals surface area contributed by atoms with Crippen molar-refractivity contribution in [3.8, 4) is 0 Å². The Balaban J connectivity index is 2.91. The van der Waals surface area contributed by atoms with Crippen LogP contribution in [0, 0.1) is 5.82 Å². The molecular formula is C10H9FO. The molecule has 0 fully saturated rings. The molecule has 0 aliphatic rings.